The second-order valence-electron chi connectivity index (χ2n) is 4.93. The molecule has 2 heterocycles. The van der Waals surface area contributed by atoms with Crippen molar-refractivity contribution in [2.75, 3.05) is 4.90 Å². The Hall–Kier alpha value is -2.24. The number of piperidine rings is 1. The highest BCUT2D eigenvalue weighted by atomic mass is 16.4. The molecule has 1 saturated carbocycles. The zero-order valence-electron chi connectivity index (χ0n) is 10.1. The van der Waals surface area contributed by atoms with Gasteiger partial charge in [-0.15, -0.1) is 0 Å². The van der Waals surface area contributed by atoms with E-state index in [0.29, 0.717) is 12.1 Å². The summed E-state index contributed by atoms with van der Waals surface area (Å²) in [5.41, 5.74) is 0.250. The lowest BCUT2D eigenvalue weighted by Crippen LogP contribution is -2.46. The van der Waals surface area contributed by atoms with Gasteiger partial charge in [0.1, 0.15) is 5.69 Å². The Morgan fingerprint density at radius 2 is 1.84 bits per heavy atom. The van der Waals surface area contributed by atoms with Crippen LogP contribution in [-0.2, 0) is 9.59 Å². The summed E-state index contributed by atoms with van der Waals surface area (Å²) in [4.78, 5) is 40.0. The lowest BCUT2D eigenvalue weighted by molar-refractivity contribution is -0.133. The van der Waals surface area contributed by atoms with Gasteiger partial charge in [-0.1, -0.05) is 0 Å². The molecule has 0 aromatic carbocycles. The summed E-state index contributed by atoms with van der Waals surface area (Å²) >= 11 is 0. The minimum Gasteiger partial charge on any atom is -0.477 e. The van der Waals surface area contributed by atoms with Gasteiger partial charge in [-0.05, 0) is 31.4 Å². The molecular formula is C13H12N2O4. The molecule has 2 bridgehead atoms. The molecule has 6 nitrogen and oxygen atoms in total. The Balaban J connectivity index is 1.94. The van der Waals surface area contributed by atoms with Gasteiger partial charge in [-0.3, -0.25) is 9.59 Å². The van der Waals surface area contributed by atoms with Crippen LogP contribution in [0.5, 0.6) is 0 Å². The number of imide groups is 1. The Morgan fingerprint density at radius 1 is 1.21 bits per heavy atom. The summed E-state index contributed by atoms with van der Waals surface area (Å²) in [5.74, 6) is -1.68. The Bertz CT molecular complexity index is 545. The maximum atomic E-state index is 12.2. The predicted octanol–water partition coefficient (Wildman–Crippen LogP) is 1.07. The number of carbonyl (C=O) groups excluding carboxylic acids is 2. The first kappa shape index (κ1) is 11.8. The van der Waals surface area contributed by atoms with Crippen LogP contribution in [0.25, 0.3) is 0 Å². The molecule has 1 aliphatic carbocycles. The van der Waals surface area contributed by atoms with E-state index in [1.165, 1.54) is 18.3 Å². The lowest BCUT2D eigenvalue weighted by atomic mass is 9.97. The number of hydrogen-bond donors (Lipinski definition) is 1. The summed E-state index contributed by atoms with van der Waals surface area (Å²) in [6, 6.07) is 2.76. The number of aromatic nitrogens is 1. The first-order valence-electron chi connectivity index (χ1n) is 6.15. The summed E-state index contributed by atoms with van der Waals surface area (Å²) in [6.45, 7) is 0. The third-order valence-corrected chi connectivity index (χ3v) is 3.80. The topological polar surface area (TPSA) is 87.6 Å². The highest BCUT2D eigenvalue weighted by Crippen LogP contribution is 2.39. The predicted molar refractivity (Wildman–Crippen MR) is 64.5 cm³/mol. The fourth-order valence-corrected chi connectivity index (χ4v) is 2.80. The van der Waals surface area contributed by atoms with Gasteiger partial charge in [0.25, 0.3) is 0 Å². The molecule has 19 heavy (non-hydrogen) atoms. The van der Waals surface area contributed by atoms with E-state index in [1.54, 1.807) is 0 Å². The molecule has 2 atom stereocenters. The molecule has 1 aromatic rings. The third kappa shape index (κ3) is 1.80. The second-order valence-corrected chi connectivity index (χ2v) is 4.93. The normalized spacial score (nSPS) is 25.8. The quantitative estimate of drug-likeness (QED) is 0.803. The van der Waals surface area contributed by atoms with Crippen LogP contribution in [0.1, 0.15) is 29.8 Å². The molecule has 1 N–H and O–H groups in total. The summed E-state index contributed by atoms with van der Waals surface area (Å²) in [5, 5.41) is 8.77. The van der Waals surface area contributed by atoms with Crippen molar-refractivity contribution < 1.29 is 19.5 Å². The molecule has 0 radical (unpaired) electrons. The number of aromatic carboxylic acids is 1. The van der Waals surface area contributed by atoms with Gasteiger partial charge in [0.15, 0.2) is 0 Å². The maximum absolute atomic E-state index is 12.2. The minimum absolute atomic E-state index is 0.0816. The molecule has 2 fully saturated rings. The number of fused-ring (bicyclic) bond motifs is 2. The van der Waals surface area contributed by atoms with Gasteiger partial charge >= 0.3 is 5.97 Å². The summed E-state index contributed by atoms with van der Waals surface area (Å²) in [7, 11) is 0. The molecule has 1 aliphatic heterocycles. The molecule has 2 unspecified atom stereocenters. The summed E-state index contributed by atoms with van der Waals surface area (Å²) < 4.78 is 0. The van der Waals surface area contributed by atoms with Gasteiger partial charge in [0.2, 0.25) is 11.8 Å². The van der Waals surface area contributed by atoms with Crippen molar-refractivity contribution in [1.82, 2.24) is 4.98 Å². The van der Waals surface area contributed by atoms with Crippen molar-refractivity contribution in [3.8, 4) is 0 Å². The van der Waals surface area contributed by atoms with Gasteiger partial charge in [0.05, 0.1) is 11.9 Å². The highest BCUT2D eigenvalue weighted by molar-refractivity contribution is 6.18. The molecule has 2 amide bonds. The zero-order chi connectivity index (χ0) is 13.6. The minimum atomic E-state index is -1.14. The van der Waals surface area contributed by atoms with Crippen LogP contribution >= 0.6 is 0 Å². The SMILES string of the molecule is O=C(O)c1ccc(N2C(=O)C3CCC(C3)C2=O)cn1. The molecule has 98 valence electrons. The Kier molecular flexibility index (Phi) is 2.58. The van der Waals surface area contributed by atoms with E-state index >= 15 is 0 Å². The average Bonchev–Trinajstić information content (AvgIpc) is 2.84. The van der Waals surface area contributed by atoms with Crippen LogP contribution in [0.4, 0.5) is 5.69 Å². The molecule has 2 aliphatic rings. The van der Waals surface area contributed by atoms with E-state index in [-0.39, 0.29) is 29.3 Å². The van der Waals surface area contributed by atoms with Crippen LogP contribution in [0.3, 0.4) is 0 Å². The first-order valence-corrected chi connectivity index (χ1v) is 6.15. The van der Waals surface area contributed by atoms with Gasteiger partial charge in [-0.2, -0.15) is 0 Å². The maximum Gasteiger partial charge on any atom is 0.354 e. The van der Waals surface area contributed by atoms with E-state index in [1.807, 2.05) is 0 Å². The number of carboxylic acid groups (broad SMARTS) is 1. The van der Waals surface area contributed by atoms with Crippen LogP contribution in [0.2, 0.25) is 0 Å². The third-order valence-electron chi connectivity index (χ3n) is 3.80. The van der Waals surface area contributed by atoms with Crippen molar-refractivity contribution in [3.05, 3.63) is 24.0 Å². The fourth-order valence-electron chi connectivity index (χ4n) is 2.80. The number of pyridine rings is 1. The largest absolute Gasteiger partial charge is 0.477 e. The highest BCUT2D eigenvalue weighted by Gasteiger charge is 2.45. The van der Waals surface area contributed by atoms with Crippen molar-refractivity contribution >= 4 is 23.5 Å². The van der Waals surface area contributed by atoms with E-state index < -0.39 is 5.97 Å². The number of carboxylic acids is 1. The van der Waals surface area contributed by atoms with E-state index in [9.17, 15) is 14.4 Å². The van der Waals surface area contributed by atoms with Crippen LogP contribution in [0.15, 0.2) is 18.3 Å². The Labute approximate surface area is 109 Å². The monoisotopic (exact) mass is 260 g/mol. The fraction of sp³-hybridized carbons (Fsp3) is 0.385. The number of rotatable bonds is 2. The number of amides is 2. The van der Waals surface area contributed by atoms with Crippen LogP contribution in [-0.4, -0.2) is 27.9 Å². The molecular weight excluding hydrogens is 248 g/mol. The molecule has 1 saturated heterocycles. The molecule has 0 spiro atoms. The van der Waals surface area contributed by atoms with Crippen molar-refractivity contribution in [2.45, 2.75) is 19.3 Å². The van der Waals surface area contributed by atoms with Crippen molar-refractivity contribution in [2.24, 2.45) is 11.8 Å². The number of nitrogens with zero attached hydrogens (tertiary/aromatic N) is 2. The average molecular weight is 260 g/mol. The number of hydrogen-bond acceptors (Lipinski definition) is 4. The van der Waals surface area contributed by atoms with Gasteiger partial charge in [-0.25, -0.2) is 14.7 Å². The summed E-state index contributed by atoms with van der Waals surface area (Å²) in [6.07, 6.45) is 3.43. The van der Waals surface area contributed by atoms with E-state index in [4.69, 9.17) is 5.11 Å². The Morgan fingerprint density at radius 3 is 2.32 bits per heavy atom. The molecule has 1 aromatic heterocycles. The second kappa shape index (κ2) is 4.15. The first-order chi connectivity index (χ1) is 9.08. The smallest absolute Gasteiger partial charge is 0.354 e. The molecule has 6 heteroatoms. The standard InChI is InChI=1S/C13H12N2O4/c16-11-7-1-2-8(5-7)12(17)15(11)9-3-4-10(13(18)19)14-6-9/h3-4,6-8H,1-2,5H2,(H,18,19). The van der Waals surface area contributed by atoms with Crippen LogP contribution in [0, 0.1) is 11.8 Å². The molecule has 3 rings (SSSR count). The van der Waals surface area contributed by atoms with Crippen molar-refractivity contribution in [1.29, 1.82) is 0 Å². The van der Waals surface area contributed by atoms with Crippen LogP contribution < -0.4 is 4.90 Å². The van der Waals surface area contributed by atoms with Gasteiger partial charge in [0, 0.05) is 11.8 Å². The van der Waals surface area contributed by atoms with E-state index in [0.717, 1.165) is 17.7 Å². The zero-order valence-corrected chi connectivity index (χ0v) is 10.1. The van der Waals surface area contributed by atoms with E-state index in [2.05, 4.69) is 4.98 Å². The van der Waals surface area contributed by atoms with Crippen molar-refractivity contribution in [3.63, 3.8) is 0 Å². The van der Waals surface area contributed by atoms with Gasteiger partial charge < -0.3 is 5.11 Å². The number of carbonyl (C=O) groups is 3. The number of anilines is 1. The lowest BCUT2D eigenvalue weighted by Gasteiger charge is -2.29.